The molecule has 0 saturated carbocycles. The summed E-state index contributed by atoms with van der Waals surface area (Å²) in [6.07, 6.45) is 1.64. The predicted octanol–water partition coefficient (Wildman–Crippen LogP) is 4.44. The molecular formula is C18H17N3O2S2. The Morgan fingerprint density at radius 1 is 1.32 bits per heavy atom. The summed E-state index contributed by atoms with van der Waals surface area (Å²) in [6.45, 7) is 2.99. The minimum absolute atomic E-state index is 0.0189. The number of carbonyl (C=O) groups is 1. The van der Waals surface area contributed by atoms with Crippen LogP contribution in [0.5, 0.6) is 0 Å². The predicted molar refractivity (Wildman–Crippen MR) is 99.9 cm³/mol. The lowest BCUT2D eigenvalue weighted by molar-refractivity contribution is 0.0724. The molecule has 1 amide bonds. The van der Waals surface area contributed by atoms with Gasteiger partial charge in [0.1, 0.15) is 10.6 Å². The minimum Gasteiger partial charge on any atom is -0.467 e. The first kappa shape index (κ1) is 16.1. The van der Waals surface area contributed by atoms with Gasteiger partial charge in [0.2, 0.25) is 0 Å². The summed E-state index contributed by atoms with van der Waals surface area (Å²) in [4.78, 5) is 17.9. The Hall–Kier alpha value is -2.38. The van der Waals surface area contributed by atoms with E-state index in [9.17, 15) is 4.79 Å². The molecule has 0 atom stereocenters. The highest BCUT2D eigenvalue weighted by atomic mass is 32.1. The van der Waals surface area contributed by atoms with Crippen molar-refractivity contribution in [1.82, 2.24) is 14.7 Å². The van der Waals surface area contributed by atoms with Crippen LogP contribution >= 0.6 is 22.7 Å². The summed E-state index contributed by atoms with van der Waals surface area (Å²) in [5, 5.41) is 7.48. The van der Waals surface area contributed by atoms with E-state index in [1.54, 1.807) is 17.6 Å². The lowest BCUT2D eigenvalue weighted by Crippen LogP contribution is -2.29. The lowest BCUT2D eigenvalue weighted by atomic mass is 10.2. The second kappa shape index (κ2) is 6.50. The van der Waals surface area contributed by atoms with E-state index >= 15 is 0 Å². The van der Waals surface area contributed by atoms with Crippen molar-refractivity contribution in [1.29, 1.82) is 0 Å². The van der Waals surface area contributed by atoms with Gasteiger partial charge in [-0.15, -0.1) is 22.7 Å². The summed E-state index contributed by atoms with van der Waals surface area (Å²) in [7, 11) is 1.91. The zero-order valence-electron chi connectivity index (χ0n) is 13.9. The molecule has 0 bridgehead atoms. The number of hydrogen-bond acceptors (Lipinski definition) is 5. The van der Waals surface area contributed by atoms with Gasteiger partial charge in [-0.25, -0.2) is 0 Å². The molecule has 25 heavy (non-hydrogen) atoms. The standard InChI is InChI=1S/C18H17N3O2S2/c1-12-15-9-16(25-18(15)20(2)19-12)17(22)21(10-13-5-3-7-23-13)11-14-6-4-8-24-14/h3-9H,10-11H2,1-2H3. The third-order valence-corrected chi connectivity index (χ3v) is 6.10. The van der Waals surface area contributed by atoms with Crippen LogP contribution in [0.2, 0.25) is 0 Å². The van der Waals surface area contributed by atoms with Crippen LogP contribution in [0.3, 0.4) is 0 Å². The Morgan fingerprint density at radius 2 is 2.20 bits per heavy atom. The molecule has 0 aliphatic rings. The Labute approximate surface area is 153 Å². The molecule has 4 aromatic heterocycles. The fourth-order valence-electron chi connectivity index (χ4n) is 2.85. The summed E-state index contributed by atoms with van der Waals surface area (Å²) in [6, 6.07) is 9.75. The summed E-state index contributed by atoms with van der Waals surface area (Å²) in [5.41, 5.74) is 0.948. The largest absolute Gasteiger partial charge is 0.467 e. The molecule has 7 heteroatoms. The van der Waals surface area contributed by atoms with Crippen molar-refractivity contribution in [2.75, 3.05) is 0 Å². The Bertz CT molecular complexity index is 926. The first-order chi connectivity index (χ1) is 12.1. The maximum absolute atomic E-state index is 13.2. The molecule has 0 unspecified atom stereocenters. The Morgan fingerprint density at radius 3 is 2.88 bits per heavy atom. The van der Waals surface area contributed by atoms with E-state index in [1.165, 1.54) is 11.3 Å². The molecule has 5 nitrogen and oxygen atoms in total. The number of hydrogen-bond donors (Lipinski definition) is 0. The zero-order valence-corrected chi connectivity index (χ0v) is 15.6. The van der Waals surface area contributed by atoms with E-state index in [0.29, 0.717) is 13.1 Å². The maximum Gasteiger partial charge on any atom is 0.264 e. The molecule has 0 spiro atoms. The van der Waals surface area contributed by atoms with Crippen LogP contribution in [0, 0.1) is 6.92 Å². The first-order valence-corrected chi connectivity index (χ1v) is 9.58. The molecule has 4 heterocycles. The van der Waals surface area contributed by atoms with Crippen molar-refractivity contribution in [2.45, 2.75) is 20.0 Å². The smallest absolute Gasteiger partial charge is 0.264 e. The van der Waals surface area contributed by atoms with Crippen molar-refractivity contribution in [3.63, 3.8) is 0 Å². The van der Waals surface area contributed by atoms with Crippen LogP contribution in [-0.4, -0.2) is 20.6 Å². The maximum atomic E-state index is 13.2. The van der Waals surface area contributed by atoms with Gasteiger partial charge in [0, 0.05) is 17.3 Å². The van der Waals surface area contributed by atoms with Gasteiger partial charge in [-0.3, -0.25) is 9.48 Å². The third kappa shape index (κ3) is 3.12. The van der Waals surface area contributed by atoms with Crippen LogP contribution in [0.1, 0.15) is 26.0 Å². The van der Waals surface area contributed by atoms with Gasteiger partial charge in [-0.2, -0.15) is 5.10 Å². The van der Waals surface area contributed by atoms with Gasteiger partial charge in [0.15, 0.2) is 0 Å². The highest BCUT2D eigenvalue weighted by Crippen LogP contribution is 2.29. The summed E-state index contributed by atoms with van der Waals surface area (Å²) in [5.74, 6) is 0.800. The zero-order chi connectivity index (χ0) is 17.4. The average molecular weight is 371 g/mol. The van der Waals surface area contributed by atoms with E-state index in [-0.39, 0.29) is 5.91 Å². The number of aromatic nitrogens is 2. The number of nitrogens with zero attached hydrogens (tertiary/aromatic N) is 3. The van der Waals surface area contributed by atoms with Crippen LogP contribution in [0.25, 0.3) is 10.2 Å². The molecule has 128 valence electrons. The van der Waals surface area contributed by atoms with Crippen molar-refractivity contribution < 1.29 is 9.21 Å². The van der Waals surface area contributed by atoms with E-state index in [4.69, 9.17) is 4.42 Å². The summed E-state index contributed by atoms with van der Waals surface area (Å²) >= 11 is 3.14. The second-order valence-electron chi connectivity index (χ2n) is 5.86. The molecule has 4 aromatic rings. The van der Waals surface area contributed by atoms with E-state index in [2.05, 4.69) is 5.10 Å². The summed E-state index contributed by atoms with van der Waals surface area (Å²) < 4.78 is 7.29. The molecule has 0 N–H and O–H groups in total. The van der Waals surface area contributed by atoms with Crippen molar-refractivity contribution in [3.8, 4) is 0 Å². The number of thiophene rings is 2. The number of carbonyl (C=O) groups excluding carboxylic acids is 1. The van der Waals surface area contributed by atoms with Crippen LogP contribution in [-0.2, 0) is 20.1 Å². The molecule has 0 fully saturated rings. The Balaban J connectivity index is 1.66. The quantitative estimate of drug-likeness (QED) is 0.521. The monoisotopic (exact) mass is 371 g/mol. The molecule has 4 rings (SSSR count). The molecule has 0 aliphatic carbocycles. The van der Waals surface area contributed by atoms with Crippen LogP contribution < -0.4 is 0 Å². The number of furan rings is 1. The van der Waals surface area contributed by atoms with Gasteiger partial charge < -0.3 is 9.32 Å². The average Bonchev–Trinajstić information content (AvgIpc) is 3.35. The highest BCUT2D eigenvalue weighted by molar-refractivity contribution is 7.20. The minimum atomic E-state index is 0.0189. The first-order valence-electron chi connectivity index (χ1n) is 7.89. The van der Waals surface area contributed by atoms with Crippen LogP contribution in [0.15, 0.2) is 46.4 Å². The number of fused-ring (bicyclic) bond motifs is 1. The van der Waals surface area contributed by atoms with Crippen molar-refractivity contribution in [2.24, 2.45) is 7.05 Å². The van der Waals surface area contributed by atoms with Crippen molar-refractivity contribution in [3.05, 3.63) is 63.2 Å². The molecule has 0 radical (unpaired) electrons. The highest BCUT2D eigenvalue weighted by Gasteiger charge is 2.22. The second-order valence-corrected chi connectivity index (χ2v) is 7.92. The van der Waals surface area contributed by atoms with Gasteiger partial charge in [-0.05, 0) is 36.6 Å². The van der Waals surface area contributed by atoms with Gasteiger partial charge >= 0.3 is 0 Å². The van der Waals surface area contributed by atoms with Gasteiger partial charge in [0.25, 0.3) is 5.91 Å². The normalized spacial score (nSPS) is 11.3. The molecule has 0 aliphatic heterocycles. The van der Waals surface area contributed by atoms with Gasteiger partial charge in [-0.1, -0.05) is 6.07 Å². The molecule has 0 saturated heterocycles. The van der Waals surface area contributed by atoms with E-state index in [0.717, 1.165) is 31.4 Å². The SMILES string of the molecule is Cc1nn(C)c2sc(C(=O)N(Cc3ccco3)Cc3cccs3)cc12. The Kier molecular flexibility index (Phi) is 4.19. The van der Waals surface area contributed by atoms with E-state index in [1.807, 2.05) is 59.3 Å². The van der Waals surface area contributed by atoms with Gasteiger partial charge in [0.05, 0.1) is 29.9 Å². The number of aryl methyl sites for hydroxylation is 2. The topological polar surface area (TPSA) is 51.3 Å². The van der Waals surface area contributed by atoms with Crippen LogP contribution in [0.4, 0.5) is 0 Å². The molecular weight excluding hydrogens is 354 g/mol. The third-order valence-electron chi connectivity index (χ3n) is 4.05. The fraction of sp³-hybridized carbons (Fsp3) is 0.222. The number of amides is 1. The van der Waals surface area contributed by atoms with Crippen molar-refractivity contribution >= 4 is 38.8 Å². The van der Waals surface area contributed by atoms with E-state index < -0.39 is 0 Å². The lowest BCUT2D eigenvalue weighted by Gasteiger charge is -2.20. The molecule has 0 aromatic carbocycles. The number of rotatable bonds is 5. The fourth-order valence-corrected chi connectivity index (χ4v) is 4.66.